The average Bonchev–Trinajstić information content (AvgIpc) is 2.25. The van der Waals surface area contributed by atoms with Crippen LogP contribution in [0.4, 0.5) is 0 Å². The van der Waals surface area contributed by atoms with Crippen molar-refractivity contribution in [2.24, 2.45) is 5.73 Å². The van der Waals surface area contributed by atoms with Gasteiger partial charge in [-0.25, -0.2) is 0 Å². The predicted molar refractivity (Wildman–Crippen MR) is 80.0 cm³/mol. The largest absolute Gasteiger partial charge is 0.330 e. The summed E-state index contributed by atoms with van der Waals surface area (Å²) < 4.78 is 0. The SMILES string of the molecule is Cc1cc(C(C)(C)C)cc(C)c1CNCCCN. The highest BCUT2D eigenvalue weighted by Crippen LogP contribution is 2.26. The Balaban J connectivity index is 2.82. The molecular weight excluding hydrogens is 220 g/mol. The van der Waals surface area contributed by atoms with Gasteiger partial charge in [0.15, 0.2) is 0 Å². The quantitative estimate of drug-likeness (QED) is 0.786. The number of hydrogen-bond acceptors (Lipinski definition) is 2. The maximum absolute atomic E-state index is 5.50. The molecule has 18 heavy (non-hydrogen) atoms. The van der Waals surface area contributed by atoms with Crippen LogP contribution in [0.1, 0.15) is 49.4 Å². The topological polar surface area (TPSA) is 38.0 Å². The third kappa shape index (κ3) is 4.11. The van der Waals surface area contributed by atoms with Gasteiger partial charge in [-0.15, -0.1) is 0 Å². The zero-order valence-electron chi connectivity index (χ0n) is 12.6. The third-order valence-electron chi connectivity index (χ3n) is 3.42. The van der Waals surface area contributed by atoms with Crippen LogP contribution in [-0.2, 0) is 12.0 Å². The first-order valence-electron chi connectivity index (χ1n) is 6.87. The van der Waals surface area contributed by atoms with Gasteiger partial charge in [0.25, 0.3) is 0 Å². The molecule has 1 aromatic rings. The van der Waals surface area contributed by atoms with Crippen molar-refractivity contribution in [2.75, 3.05) is 13.1 Å². The molecule has 0 fully saturated rings. The third-order valence-corrected chi connectivity index (χ3v) is 3.42. The van der Waals surface area contributed by atoms with Gasteiger partial charge in [-0.05, 0) is 61.0 Å². The summed E-state index contributed by atoms with van der Waals surface area (Å²) in [6.45, 7) is 13.9. The fourth-order valence-electron chi connectivity index (χ4n) is 2.15. The van der Waals surface area contributed by atoms with Crippen molar-refractivity contribution in [3.05, 3.63) is 34.4 Å². The number of benzene rings is 1. The van der Waals surface area contributed by atoms with Gasteiger partial charge in [0.2, 0.25) is 0 Å². The molecule has 3 N–H and O–H groups in total. The number of nitrogens with one attached hydrogen (secondary N) is 1. The summed E-state index contributed by atoms with van der Waals surface area (Å²) in [7, 11) is 0. The second-order valence-electron chi connectivity index (χ2n) is 6.16. The summed E-state index contributed by atoms with van der Waals surface area (Å²) in [4.78, 5) is 0. The summed E-state index contributed by atoms with van der Waals surface area (Å²) in [5.74, 6) is 0. The van der Waals surface area contributed by atoms with Gasteiger partial charge in [-0.2, -0.15) is 0 Å². The second-order valence-corrected chi connectivity index (χ2v) is 6.16. The van der Waals surface area contributed by atoms with Crippen molar-refractivity contribution in [3.63, 3.8) is 0 Å². The zero-order valence-corrected chi connectivity index (χ0v) is 12.6. The number of nitrogens with two attached hydrogens (primary N) is 1. The van der Waals surface area contributed by atoms with E-state index in [9.17, 15) is 0 Å². The van der Waals surface area contributed by atoms with Gasteiger partial charge in [-0.1, -0.05) is 32.9 Å². The minimum atomic E-state index is 0.223. The lowest BCUT2D eigenvalue weighted by atomic mass is 9.84. The zero-order chi connectivity index (χ0) is 13.8. The van der Waals surface area contributed by atoms with Gasteiger partial charge in [0.1, 0.15) is 0 Å². The maximum Gasteiger partial charge on any atom is 0.0210 e. The molecule has 102 valence electrons. The molecule has 0 amide bonds. The van der Waals surface area contributed by atoms with Crippen molar-refractivity contribution < 1.29 is 0 Å². The lowest BCUT2D eigenvalue weighted by Crippen LogP contribution is -2.19. The minimum absolute atomic E-state index is 0.223. The Labute approximate surface area is 112 Å². The Morgan fingerprint density at radius 1 is 1.11 bits per heavy atom. The van der Waals surface area contributed by atoms with Crippen LogP contribution in [0, 0.1) is 13.8 Å². The Bertz CT molecular complexity index is 366. The van der Waals surface area contributed by atoms with Crippen LogP contribution >= 0.6 is 0 Å². The molecule has 2 heteroatoms. The van der Waals surface area contributed by atoms with E-state index in [-0.39, 0.29) is 5.41 Å². The van der Waals surface area contributed by atoms with Gasteiger partial charge < -0.3 is 11.1 Å². The molecular formula is C16H28N2. The van der Waals surface area contributed by atoms with Crippen LogP contribution in [0.15, 0.2) is 12.1 Å². The van der Waals surface area contributed by atoms with Gasteiger partial charge in [-0.3, -0.25) is 0 Å². The van der Waals surface area contributed by atoms with Crippen LogP contribution in [0.2, 0.25) is 0 Å². The molecule has 0 aromatic heterocycles. The monoisotopic (exact) mass is 248 g/mol. The molecule has 0 radical (unpaired) electrons. The molecule has 0 aliphatic rings. The molecule has 0 unspecified atom stereocenters. The van der Waals surface area contributed by atoms with Gasteiger partial charge in [0.05, 0.1) is 0 Å². The lowest BCUT2D eigenvalue weighted by Gasteiger charge is -2.22. The maximum atomic E-state index is 5.50. The van der Waals surface area contributed by atoms with E-state index in [2.05, 4.69) is 52.1 Å². The van der Waals surface area contributed by atoms with Crippen LogP contribution in [-0.4, -0.2) is 13.1 Å². The summed E-state index contributed by atoms with van der Waals surface area (Å²) in [6, 6.07) is 4.65. The number of aryl methyl sites for hydroxylation is 2. The molecule has 0 aliphatic carbocycles. The molecule has 1 aromatic carbocycles. The fourth-order valence-corrected chi connectivity index (χ4v) is 2.15. The highest BCUT2D eigenvalue weighted by Gasteiger charge is 2.15. The summed E-state index contributed by atoms with van der Waals surface area (Å²) in [5, 5.41) is 3.46. The Morgan fingerprint density at radius 3 is 2.11 bits per heavy atom. The minimum Gasteiger partial charge on any atom is -0.330 e. The summed E-state index contributed by atoms with van der Waals surface area (Å²) >= 11 is 0. The predicted octanol–water partition coefficient (Wildman–Crippen LogP) is 3.04. The highest BCUT2D eigenvalue weighted by molar-refractivity contribution is 5.40. The Hall–Kier alpha value is -0.860. The van der Waals surface area contributed by atoms with E-state index in [1.807, 2.05) is 0 Å². The lowest BCUT2D eigenvalue weighted by molar-refractivity contribution is 0.587. The smallest absolute Gasteiger partial charge is 0.0210 e. The van der Waals surface area contributed by atoms with E-state index in [4.69, 9.17) is 5.73 Å². The molecule has 0 spiro atoms. The van der Waals surface area contributed by atoms with Crippen LogP contribution in [0.3, 0.4) is 0 Å². The van der Waals surface area contributed by atoms with E-state index >= 15 is 0 Å². The molecule has 0 atom stereocenters. The Kier molecular flexibility index (Phi) is 5.36. The van der Waals surface area contributed by atoms with E-state index in [0.29, 0.717) is 0 Å². The van der Waals surface area contributed by atoms with Crippen molar-refractivity contribution in [3.8, 4) is 0 Å². The molecule has 1 rings (SSSR count). The molecule has 0 saturated heterocycles. The van der Waals surface area contributed by atoms with Gasteiger partial charge >= 0.3 is 0 Å². The van der Waals surface area contributed by atoms with Crippen LogP contribution < -0.4 is 11.1 Å². The van der Waals surface area contributed by atoms with Crippen molar-refractivity contribution in [2.45, 2.75) is 53.0 Å². The number of hydrogen-bond donors (Lipinski definition) is 2. The molecule has 0 heterocycles. The van der Waals surface area contributed by atoms with Crippen LogP contribution in [0.5, 0.6) is 0 Å². The average molecular weight is 248 g/mol. The summed E-state index contributed by atoms with van der Waals surface area (Å²) in [6.07, 6.45) is 1.04. The molecule has 2 nitrogen and oxygen atoms in total. The molecule has 0 aliphatic heterocycles. The van der Waals surface area contributed by atoms with E-state index in [0.717, 1.165) is 26.1 Å². The van der Waals surface area contributed by atoms with Crippen molar-refractivity contribution >= 4 is 0 Å². The molecule has 0 bridgehead atoms. The number of rotatable bonds is 5. The first-order valence-corrected chi connectivity index (χ1v) is 6.87. The second kappa shape index (κ2) is 6.35. The van der Waals surface area contributed by atoms with Gasteiger partial charge in [0, 0.05) is 6.54 Å². The highest BCUT2D eigenvalue weighted by atomic mass is 14.8. The summed E-state index contributed by atoms with van der Waals surface area (Å²) in [5.41, 5.74) is 11.3. The van der Waals surface area contributed by atoms with Crippen LogP contribution in [0.25, 0.3) is 0 Å². The van der Waals surface area contributed by atoms with E-state index < -0.39 is 0 Å². The van der Waals surface area contributed by atoms with Crippen molar-refractivity contribution in [1.29, 1.82) is 0 Å². The van der Waals surface area contributed by atoms with Crippen molar-refractivity contribution in [1.82, 2.24) is 5.32 Å². The van der Waals surface area contributed by atoms with E-state index in [1.54, 1.807) is 0 Å². The van der Waals surface area contributed by atoms with E-state index in [1.165, 1.54) is 22.3 Å². The normalized spacial score (nSPS) is 11.9. The Morgan fingerprint density at radius 2 is 1.67 bits per heavy atom. The fraction of sp³-hybridized carbons (Fsp3) is 0.625. The first kappa shape index (κ1) is 15.2. The molecule has 0 saturated carbocycles. The first-order chi connectivity index (χ1) is 8.36. The standard InChI is InChI=1S/C16H28N2/c1-12-9-14(16(3,4)5)10-13(2)15(12)11-18-8-6-7-17/h9-10,18H,6-8,11,17H2,1-5H3.